The summed E-state index contributed by atoms with van der Waals surface area (Å²) in [6, 6.07) is 0. The van der Waals surface area contributed by atoms with E-state index in [2.05, 4.69) is 52.0 Å². The quantitative estimate of drug-likeness (QED) is 0.552. The first kappa shape index (κ1) is 13.7. The van der Waals surface area contributed by atoms with Gasteiger partial charge in [0.25, 0.3) is 0 Å². The molecular formula is C15H22. The van der Waals surface area contributed by atoms with Gasteiger partial charge < -0.3 is 0 Å². The highest BCUT2D eigenvalue weighted by atomic mass is 13.9. The average molecular weight is 202 g/mol. The van der Waals surface area contributed by atoms with Crippen LogP contribution in [0.5, 0.6) is 0 Å². The van der Waals surface area contributed by atoms with E-state index in [1.165, 1.54) is 11.1 Å². The lowest BCUT2D eigenvalue weighted by atomic mass is 10.1. The van der Waals surface area contributed by atoms with Crippen molar-refractivity contribution in [2.45, 2.75) is 34.1 Å². The molecule has 0 saturated heterocycles. The highest BCUT2D eigenvalue weighted by Gasteiger charge is 1.81. The Morgan fingerprint density at radius 2 is 1.33 bits per heavy atom. The Balaban J connectivity index is 3.96. The number of rotatable bonds is 5. The number of hydrogen-bond donors (Lipinski definition) is 0. The summed E-state index contributed by atoms with van der Waals surface area (Å²) in [5.41, 5.74) is 2.69. The van der Waals surface area contributed by atoms with Gasteiger partial charge in [0.2, 0.25) is 0 Å². The largest absolute Gasteiger partial charge is 0.0848 e. The molecule has 0 aliphatic rings. The van der Waals surface area contributed by atoms with Crippen molar-refractivity contribution in [3.8, 4) is 0 Å². The van der Waals surface area contributed by atoms with Crippen molar-refractivity contribution < 1.29 is 0 Å². The first-order valence-corrected chi connectivity index (χ1v) is 5.49. The number of allylic oxidation sites excluding steroid dienone is 10. The Labute approximate surface area is 94.4 Å². The summed E-state index contributed by atoms with van der Waals surface area (Å²) < 4.78 is 0. The van der Waals surface area contributed by atoms with Crippen molar-refractivity contribution in [1.82, 2.24) is 0 Å². The van der Waals surface area contributed by atoms with Crippen molar-refractivity contribution in [3.05, 3.63) is 59.8 Å². The van der Waals surface area contributed by atoms with Crippen molar-refractivity contribution in [1.29, 1.82) is 0 Å². The predicted octanol–water partition coefficient (Wildman–Crippen LogP) is 4.98. The molecule has 0 radical (unpaired) electrons. The third kappa shape index (κ3) is 9.01. The van der Waals surface area contributed by atoms with E-state index in [-0.39, 0.29) is 0 Å². The van der Waals surface area contributed by atoms with Crippen molar-refractivity contribution in [2.75, 3.05) is 0 Å². The SMILES string of the molecule is CC/C=C/C=C/C=C/C=C/C(C)=C(C)C. The van der Waals surface area contributed by atoms with Crippen LogP contribution in [0.2, 0.25) is 0 Å². The minimum Gasteiger partial charge on any atom is -0.0848 e. The van der Waals surface area contributed by atoms with E-state index in [4.69, 9.17) is 0 Å². The van der Waals surface area contributed by atoms with E-state index in [0.29, 0.717) is 0 Å². The second-order valence-corrected chi connectivity index (χ2v) is 3.65. The van der Waals surface area contributed by atoms with Crippen LogP contribution >= 0.6 is 0 Å². The van der Waals surface area contributed by atoms with Crippen LogP contribution in [0.25, 0.3) is 0 Å². The summed E-state index contributed by atoms with van der Waals surface area (Å²) in [7, 11) is 0. The average Bonchev–Trinajstić information content (AvgIpc) is 2.21. The molecule has 0 nitrogen and oxygen atoms in total. The van der Waals surface area contributed by atoms with Gasteiger partial charge in [-0.15, -0.1) is 0 Å². The second kappa shape index (κ2) is 9.26. The molecule has 0 aromatic carbocycles. The van der Waals surface area contributed by atoms with Gasteiger partial charge in [-0.2, -0.15) is 0 Å². The molecule has 0 fully saturated rings. The summed E-state index contributed by atoms with van der Waals surface area (Å²) >= 11 is 0. The van der Waals surface area contributed by atoms with Gasteiger partial charge in [-0.1, -0.05) is 66.7 Å². The molecule has 0 amide bonds. The minimum absolute atomic E-state index is 1.09. The molecule has 0 aliphatic heterocycles. The Kier molecular flexibility index (Phi) is 8.46. The maximum absolute atomic E-state index is 2.13. The van der Waals surface area contributed by atoms with Crippen LogP contribution in [-0.4, -0.2) is 0 Å². The zero-order chi connectivity index (χ0) is 11.5. The molecule has 15 heavy (non-hydrogen) atoms. The lowest BCUT2D eigenvalue weighted by Crippen LogP contribution is -1.71. The summed E-state index contributed by atoms with van der Waals surface area (Å²) in [4.78, 5) is 0. The van der Waals surface area contributed by atoms with Crippen LogP contribution < -0.4 is 0 Å². The molecule has 0 spiro atoms. The maximum Gasteiger partial charge on any atom is -0.0376 e. The lowest BCUT2D eigenvalue weighted by molar-refractivity contribution is 1.22. The molecule has 0 unspecified atom stereocenters. The van der Waals surface area contributed by atoms with Crippen LogP contribution in [0.3, 0.4) is 0 Å². The molecule has 0 rings (SSSR count). The van der Waals surface area contributed by atoms with Crippen LogP contribution in [0.1, 0.15) is 34.1 Å². The fourth-order valence-electron chi connectivity index (χ4n) is 0.838. The van der Waals surface area contributed by atoms with E-state index >= 15 is 0 Å². The zero-order valence-electron chi connectivity index (χ0n) is 10.3. The van der Waals surface area contributed by atoms with Gasteiger partial charge in [-0.25, -0.2) is 0 Å². The molecule has 0 N–H and O–H groups in total. The van der Waals surface area contributed by atoms with Crippen molar-refractivity contribution in [2.24, 2.45) is 0 Å². The summed E-state index contributed by atoms with van der Waals surface area (Å²) in [5, 5.41) is 0. The van der Waals surface area contributed by atoms with Crippen LogP contribution in [0.15, 0.2) is 59.8 Å². The number of hydrogen-bond acceptors (Lipinski definition) is 0. The molecule has 0 heteroatoms. The van der Waals surface area contributed by atoms with Gasteiger partial charge in [-0.3, -0.25) is 0 Å². The molecular weight excluding hydrogens is 180 g/mol. The third-order valence-corrected chi connectivity index (χ3v) is 2.06. The fraction of sp³-hybridized carbons (Fsp3) is 0.333. The first-order chi connectivity index (χ1) is 7.18. The van der Waals surface area contributed by atoms with E-state index in [1.807, 2.05) is 24.3 Å². The highest BCUT2D eigenvalue weighted by molar-refractivity contribution is 5.25. The van der Waals surface area contributed by atoms with E-state index in [0.717, 1.165) is 6.42 Å². The molecule has 0 bridgehead atoms. The Morgan fingerprint density at radius 3 is 1.87 bits per heavy atom. The summed E-state index contributed by atoms with van der Waals surface area (Å²) in [6.45, 7) is 8.50. The zero-order valence-corrected chi connectivity index (χ0v) is 10.3. The van der Waals surface area contributed by atoms with Gasteiger partial charge in [0.1, 0.15) is 0 Å². The monoisotopic (exact) mass is 202 g/mol. The van der Waals surface area contributed by atoms with Gasteiger partial charge >= 0.3 is 0 Å². The standard InChI is InChI=1S/C15H22/c1-5-6-7-8-9-10-11-12-13-15(4)14(2)3/h6-13H,5H2,1-4H3/b7-6+,9-8+,11-10+,13-12+. The minimum atomic E-state index is 1.09. The molecule has 0 aromatic heterocycles. The molecule has 0 heterocycles. The Hall–Kier alpha value is -1.30. The second-order valence-electron chi connectivity index (χ2n) is 3.65. The molecule has 0 aliphatic carbocycles. The van der Waals surface area contributed by atoms with Crippen LogP contribution in [-0.2, 0) is 0 Å². The van der Waals surface area contributed by atoms with Crippen LogP contribution in [0, 0.1) is 0 Å². The van der Waals surface area contributed by atoms with E-state index in [1.54, 1.807) is 0 Å². The van der Waals surface area contributed by atoms with Crippen molar-refractivity contribution >= 4 is 0 Å². The normalized spacial score (nSPS) is 12.5. The van der Waals surface area contributed by atoms with Crippen LogP contribution in [0.4, 0.5) is 0 Å². The molecule has 0 atom stereocenters. The molecule has 0 aromatic rings. The van der Waals surface area contributed by atoms with E-state index in [9.17, 15) is 0 Å². The van der Waals surface area contributed by atoms with Gasteiger partial charge in [0.15, 0.2) is 0 Å². The molecule has 82 valence electrons. The first-order valence-electron chi connectivity index (χ1n) is 5.49. The molecule has 0 saturated carbocycles. The topological polar surface area (TPSA) is 0 Å². The summed E-state index contributed by atoms with van der Waals surface area (Å²) in [5.74, 6) is 0. The summed E-state index contributed by atoms with van der Waals surface area (Å²) in [6.07, 6.45) is 17.6. The predicted molar refractivity (Wildman–Crippen MR) is 70.9 cm³/mol. The lowest BCUT2D eigenvalue weighted by Gasteiger charge is -1.92. The fourth-order valence-corrected chi connectivity index (χ4v) is 0.838. The Bertz CT molecular complexity index is 292. The Morgan fingerprint density at radius 1 is 0.800 bits per heavy atom. The van der Waals surface area contributed by atoms with Gasteiger partial charge in [-0.05, 0) is 27.2 Å². The van der Waals surface area contributed by atoms with E-state index < -0.39 is 0 Å². The highest BCUT2D eigenvalue weighted by Crippen LogP contribution is 2.02. The maximum atomic E-state index is 2.13. The third-order valence-electron chi connectivity index (χ3n) is 2.06. The smallest absolute Gasteiger partial charge is 0.0376 e. The van der Waals surface area contributed by atoms with Gasteiger partial charge in [0, 0.05) is 0 Å². The van der Waals surface area contributed by atoms with Crippen molar-refractivity contribution in [3.63, 3.8) is 0 Å². The van der Waals surface area contributed by atoms with Gasteiger partial charge in [0.05, 0.1) is 0 Å².